The molecule has 0 bridgehead atoms. The summed E-state index contributed by atoms with van der Waals surface area (Å²) < 4.78 is 1.77. The number of anilines is 1. The molecule has 0 unspecified atom stereocenters. The third-order valence-electron chi connectivity index (χ3n) is 4.64. The second-order valence-corrected chi connectivity index (χ2v) is 7.59. The van der Waals surface area contributed by atoms with E-state index in [1.54, 1.807) is 16.3 Å². The Kier molecular flexibility index (Phi) is 4.63. The predicted octanol–water partition coefficient (Wildman–Crippen LogP) is 3.88. The molecule has 2 aromatic heterocycles. The Morgan fingerprint density at radius 1 is 1.31 bits per heavy atom. The van der Waals surface area contributed by atoms with Crippen LogP contribution in [0.15, 0.2) is 40.3 Å². The third-order valence-corrected chi connectivity index (χ3v) is 5.71. The number of nitrogens with one attached hydrogen (secondary N) is 1. The van der Waals surface area contributed by atoms with Gasteiger partial charge in [0.2, 0.25) is 5.91 Å². The number of benzene rings is 1. The molecule has 1 aromatic carbocycles. The monoisotopic (exact) mass is 367 g/mol. The van der Waals surface area contributed by atoms with E-state index in [0.29, 0.717) is 11.6 Å². The molecular formula is C19H21N5OS. The fourth-order valence-electron chi connectivity index (χ4n) is 2.92. The molecule has 1 saturated carbocycles. The van der Waals surface area contributed by atoms with Crippen LogP contribution in [0, 0.1) is 12.8 Å². The first-order valence-corrected chi connectivity index (χ1v) is 9.76. The summed E-state index contributed by atoms with van der Waals surface area (Å²) >= 11 is 1.57. The molecule has 0 aliphatic heterocycles. The standard InChI is InChI=1S/C19H21N5OS/c1-3-14-11-17(24-19(21-14)20-12(2)23-24)26-16-10-5-4-9-15(16)22-18(25)13-7-6-8-13/h4-5,9-11,13H,3,6-8H2,1-2H3,(H,22,25). The number of fused-ring (bicyclic) bond motifs is 1. The molecule has 4 rings (SSSR count). The molecule has 0 radical (unpaired) electrons. The fourth-order valence-corrected chi connectivity index (χ4v) is 3.92. The molecule has 7 heteroatoms. The highest BCUT2D eigenvalue weighted by atomic mass is 32.2. The van der Waals surface area contributed by atoms with Crippen molar-refractivity contribution in [3.8, 4) is 0 Å². The van der Waals surface area contributed by atoms with Gasteiger partial charge in [-0.3, -0.25) is 4.79 Å². The summed E-state index contributed by atoms with van der Waals surface area (Å²) in [6.45, 7) is 3.94. The van der Waals surface area contributed by atoms with Crippen LogP contribution in [0.25, 0.3) is 5.78 Å². The molecule has 1 aliphatic carbocycles. The highest BCUT2D eigenvalue weighted by Gasteiger charge is 2.25. The zero-order valence-corrected chi connectivity index (χ0v) is 15.7. The minimum absolute atomic E-state index is 0.120. The van der Waals surface area contributed by atoms with E-state index in [9.17, 15) is 4.79 Å². The molecule has 26 heavy (non-hydrogen) atoms. The number of carbonyl (C=O) groups is 1. The van der Waals surface area contributed by atoms with Crippen molar-refractivity contribution in [2.75, 3.05) is 5.32 Å². The number of rotatable bonds is 5. The molecule has 134 valence electrons. The lowest BCUT2D eigenvalue weighted by molar-refractivity contribution is -0.122. The van der Waals surface area contributed by atoms with Crippen molar-refractivity contribution in [3.63, 3.8) is 0 Å². The van der Waals surface area contributed by atoms with Crippen molar-refractivity contribution in [1.29, 1.82) is 0 Å². The number of carbonyl (C=O) groups excluding carboxylic acids is 1. The number of hydrogen-bond acceptors (Lipinski definition) is 5. The molecule has 2 heterocycles. The van der Waals surface area contributed by atoms with Gasteiger partial charge in [-0.15, -0.1) is 5.10 Å². The Hall–Kier alpha value is -2.41. The quantitative estimate of drug-likeness (QED) is 0.693. The average Bonchev–Trinajstić information content (AvgIpc) is 2.95. The summed E-state index contributed by atoms with van der Waals surface area (Å²) in [6.07, 6.45) is 3.96. The Morgan fingerprint density at radius 3 is 2.85 bits per heavy atom. The van der Waals surface area contributed by atoms with Crippen LogP contribution in [0.1, 0.15) is 37.7 Å². The van der Waals surface area contributed by atoms with Crippen LogP contribution in [-0.4, -0.2) is 25.5 Å². The molecule has 0 spiro atoms. The highest BCUT2D eigenvalue weighted by molar-refractivity contribution is 7.99. The van der Waals surface area contributed by atoms with E-state index >= 15 is 0 Å². The van der Waals surface area contributed by atoms with E-state index in [4.69, 9.17) is 0 Å². The second-order valence-electron chi connectivity index (χ2n) is 6.53. The van der Waals surface area contributed by atoms with Crippen LogP contribution >= 0.6 is 11.8 Å². The topological polar surface area (TPSA) is 72.2 Å². The van der Waals surface area contributed by atoms with Crippen LogP contribution in [-0.2, 0) is 11.2 Å². The molecule has 0 saturated heterocycles. The average molecular weight is 367 g/mol. The maximum absolute atomic E-state index is 12.4. The second kappa shape index (κ2) is 7.07. The molecule has 3 aromatic rings. The van der Waals surface area contributed by atoms with Gasteiger partial charge in [0.05, 0.1) is 5.69 Å². The first-order chi connectivity index (χ1) is 12.6. The minimum atomic E-state index is 0.120. The van der Waals surface area contributed by atoms with E-state index in [-0.39, 0.29) is 11.8 Å². The smallest absolute Gasteiger partial charge is 0.253 e. The number of aromatic nitrogens is 4. The first-order valence-electron chi connectivity index (χ1n) is 8.95. The van der Waals surface area contributed by atoms with Gasteiger partial charge in [0, 0.05) is 16.5 Å². The summed E-state index contributed by atoms with van der Waals surface area (Å²) in [5.74, 6) is 1.58. The molecule has 0 atom stereocenters. The highest BCUT2D eigenvalue weighted by Crippen LogP contribution is 2.35. The van der Waals surface area contributed by atoms with Gasteiger partial charge in [-0.1, -0.05) is 37.2 Å². The molecule has 1 N–H and O–H groups in total. The SMILES string of the molecule is CCc1cc(Sc2ccccc2NC(=O)C2CCC2)n2nc(C)nc2n1. The number of para-hydroxylation sites is 1. The number of aryl methyl sites for hydroxylation is 2. The largest absolute Gasteiger partial charge is 0.325 e. The van der Waals surface area contributed by atoms with E-state index in [0.717, 1.165) is 47.0 Å². The van der Waals surface area contributed by atoms with Gasteiger partial charge in [0.15, 0.2) is 0 Å². The third kappa shape index (κ3) is 3.31. The van der Waals surface area contributed by atoms with Crippen LogP contribution in [0.2, 0.25) is 0 Å². The maximum atomic E-state index is 12.4. The van der Waals surface area contributed by atoms with Crippen LogP contribution < -0.4 is 5.32 Å². The van der Waals surface area contributed by atoms with E-state index in [1.165, 1.54) is 0 Å². The van der Waals surface area contributed by atoms with Crippen molar-refractivity contribution < 1.29 is 4.79 Å². The van der Waals surface area contributed by atoms with Gasteiger partial charge in [-0.05, 0) is 44.4 Å². The van der Waals surface area contributed by atoms with Gasteiger partial charge in [-0.25, -0.2) is 4.98 Å². The summed E-state index contributed by atoms with van der Waals surface area (Å²) in [5.41, 5.74) is 1.82. The van der Waals surface area contributed by atoms with E-state index in [1.807, 2.05) is 37.3 Å². The minimum Gasteiger partial charge on any atom is -0.325 e. The summed E-state index contributed by atoms with van der Waals surface area (Å²) in [6, 6.07) is 9.93. The predicted molar refractivity (Wildman–Crippen MR) is 101 cm³/mol. The Bertz CT molecular complexity index is 964. The summed E-state index contributed by atoms with van der Waals surface area (Å²) in [5, 5.41) is 8.50. The van der Waals surface area contributed by atoms with Crippen molar-refractivity contribution in [2.45, 2.75) is 49.5 Å². The number of amides is 1. The fraction of sp³-hybridized carbons (Fsp3) is 0.368. The molecule has 1 amide bonds. The van der Waals surface area contributed by atoms with Gasteiger partial charge >= 0.3 is 0 Å². The maximum Gasteiger partial charge on any atom is 0.253 e. The Morgan fingerprint density at radius 2 is 2.12 bits per heavy atom. The van der Waals surface area contributed by atoms with Gasteiger partial charge in [0.1, 0.15) is 10.9 Å². The molecular weight excluding hydrogens is 346 g/mol. The van der Waals surface area contributed by atoms with Crippen molar-refractivity contribution in [1.82, 2.24) is 19.6 Å². The molecule has 1 aliphatic rings. The van der Waals surface area contributed by atoms with Crippen molar-refractivity contribution in [2.24, 2.45) is 5.92 Å². The first kappa shape index (κ1) is 17.0. The van der Waals surface area contributed by atoms with E-state index < -0.39 is 0 Å². The van der Waals surface area contributed by atoms with Crippen LogP contribution in [0.3, 0.4) is 0 Å². The number of nitrogens with zero attached hydrogens (tertiary/aromatic N) is 4. The zero-order chi connectivity index (χ0) is 18.1. The van der Waals surface area contributed by atoms with E-state index in [2.05, 4.69) is 27.3 Å². The zero-order valence-electron chi connectivity index (χ0n) is 14.9. The Labute approximate surface area is 156 Å². The molecule has 6 nitrogen and oxygen atoms in total. The lowest BCUT2D eigenvalue weighted by atomic mass is 9.85. The lowest BCUT2D eigenvalue weighted by Crippen LogP contribution is -2.28. The summed E-state index contributed by atoms with van der Waals surface area (Å²) in [7, 11) is 0. The summed E-state index contributed by atoms with van der Waals surface area (Å²) in [4.78, 5) is 22.3. The van der Waals surface area contributed by atoms with Crippen molar-refractivity contribution >= 4 is 29.1 Å². The Balaban J connectivity index is 1.67. The van der Waals surface area contributed by atoms with Gasteiger partial charge in [-0.2, -0.15) is 9.50 Å². The van der Waals surface area contributed by atoms with Crippen LogP contribution in [0.5, 0.6) is 0 Å². The lowest BCUT2D eigenvalue weighted by Gasteiger charge is -2.24. The number of hydrogen-bond donors (Lipinski definition) is 1. The van der Waals surface area contributed by atoms with Gasteiger partial charge < -0.3 is 5.32 Å². The van der Waals surface area contributed by atoms with Crippen molar-refractivity contribution in [3.05, 3.63) is 41.9 Å². The van der Waals surface area contributed by atoms with Gasteiger partial charge in [0.25, 0.3) is 5.78 Å². The van der Waals surface area contributed by atoms with Crippen LogP contribution in [0.4, 0.5) is 5.69 Å². The molecule has 1 fully saturated rings. The normalized spacial score (nSPS) is 14.4.